The Morgan fingerprint density at radius 1 is 1.22 bits per heavy atom. The molecule has 3 rings (SSSR count). The van der Waals surface area contributed by atoms with Gasteiger partial charge >= 0.3 is 0 Å². The molecular formula is C27H32FIN2O6. The Kier molecular flexibility index (Phi) is 11.3. The Hall–Kier alpha value is -2.54. The van der Waals surface area contributed by atoms with Crippen LogP contribution < -0.4 is 10.1 Å². The summed E-state index contributed by atoms with van der Waals surface area (Å²) >= 11 is 2.12. The van der Waals surface area contributed by atoms with E-state index in [2.05, 4.69) is 27.9 Å². The number of carbonyl (C=O) groups excluding carboxylic acids is 2. The fourth-order valence-corrected chi connectivity index (χ4v) is 4.67. The molecule has 0 bridgehead atoms. The Bertz CT molecular complexity index is 1100. The highest BCUT2D eigenvalue weighted by molar-refractivity contribution is 14.1. The molecule has 2 aromatic carbocycles. The van der Waals surface area contributed by atoms with E-state index in [1.54, 1.807) is 37.3 Å². The zero-order valence-corrected chi connectivity index (χ0v) is 22.8. The second-order valence-electron chi connectivity index (χ2n) is 8.55. The summed E-state index contributed by atoms with van der Waals surface area (Å²) in [5.41, 5.74) is 1.03. The van der Waals surface area contributed by atoms with Gasteiger partial charge in [0.05, 0.1) is 16.2 Å². The molecule has 10 heteroatoms. The summed E-state index contributed by atoms with van der Waals surface area (Å²) in [5.74, 6) is -0.609. The number of hydrogen-bond donors (Lipinski definition) is 3. The minimum absolute atomic E-state index is 0.0675. The van der Waals surface area contributed by atoms with E-state index in [1.807, 2.05) is 12.1 Å². The first kappa shape index (κ1) is 29.0. The van der Waals surface area contributed by atoms with Crippen LogP contribution in [0.2, 0.25) is 0 Å². The van der Waals surface area contributed by atoms with Gasteiger partial charge in [-0.2, -0.15) is 0 Å². The number of nitrogens with zero attached hydrogens (tertiary/aromatic N) is 1. The number of ether oxygens (including phenoxy) is 2. The summed E-state index contributed by atoms with van der Waals surface area (Å²) in [6.45, 7) is 1.94. The Morgan fingerprint density at radius 3 is 2.70 bits per heavy atom. The number of hydrogen-bond acceptors (Lipinski definition) is 6. The van der Waals surface area contributed by atoms with Gasteiger partial charge in [0, 0.05) is 31.7 Å². The highest BCUT2D eigenvalue weighted by Gasteiger charge is 2.40. The smallest absolute Gasteiger partial charge is 0.248 e. The van der Waals surface area contributed by atoms with Gasteiger partial charge in [-0.15, -0.1) is 0 Å². The minimum Gasteiger partial charge on any atom is -0.482 e. The van der Waals surface area contributed by atoms with E-state index in [4.69, 9.17) is 14.6 Å². The van der Waals surface area contributed by atoms with Gasteiger partial charge in [-0.1, -0.05) is 24.3 Å². The number of nitrogens with one attached hydrogen (secondary N) is 1. The SMILES string of the molecule is CCOCC(=O)N(CCc1cccc(F)c1)C1CC(C(=O)NCCO)=CC(Oc2ccccc2I)C1O. The van der Waals surface area contributed by atoms with Crippen molar-refractivity contribution < 1.29 is 33.7 Å². The number of amides is 2. The lowest BCUT2D eigenvalue weighted by Gasteiger charge is -2.40. The molecule has 0 saturated heterocycles. The number of rotatable bonds is 12. The van der Waals surface area contributed by atoms with Crippen molar-refractivity contribution in [3.05, 3.63) is 75.1 Å². The van der Waals surface area contributed by atoms with Crippen molar-refractivity contribution >= 4 is 34.4 Å². The number of aliphatic hydroxyl groups is 2. The largest absolute Gasteiger partial charge is 0.482 e. The lowest BCUT2D eigenvalue weighted by molar-refractivity contribution is -0.143. The van der Waals surface area contributed by atoms with Gasteiger partial charge in [0.1, 0.15) is 30.4 Å². The Morgan fingerprint density at radius 2 is 2.00 bits per heavy atom. The average Bonchev–Trinajstić information content (AvgIpc) is 2.89. The van der Waals surface area contributed by atoms with E-state index < -0.39 is 24.2 Å². The normalized spacial score (nSPS) is 19.2. The van der Waals surface area contributed by atoms with Crippen LogP contribution in [0, 0.1) is 9.39 Å². The van der Waals surface area contributed by atoms with Crippen LogP contribution in [0.1, 0.15) is 18.9 Å². The fraction of sp³-hybridized carbons (Fsp3) is 0.407. The predicted molar refractivity (Wildman–Crippen MR) is 144 cm³/mol. The summed E-state index contributed by atoms with van der Waals surface area (Å²) in [5, 5.41) is 23.2. The van der Waals surface area contributed by atoms with Gasteiger partial charge < -0.3 is 29.9 Å². The van der Waals surface area contributed by atoms with Crippen molar-refractivity contribution in [2.45, 2.75) is 38.0 Å². The lowest BCUT2D eigenvalue weighted by atomic mass is 9.88. The molecule has 200 valence electrons. The molecule has 3 unspecified atom stereocenters. The van der Waals surface area contributed by atoms with Gasteiger partial charge in [0.25, 0.3) is 0 Å². The Labute approximate surface area is 229 Å². The van der Waals surface area contributed by atoms with Crippen LogP contribution in [-0.2, 0) is 20.7 Å². The van der Waals surface area contributed by atoms with Crippen molar-refractivity contribution in [1.82, 2.24) is 10.2 Å². The number of para-hydroxylation sites is 1. The van der Waals surface area contributed by atoms with Crippen molar-refractivity contribution in [3.8, 4) is 5.75 Å². The van der Waals surface area contributed by atoms with E-state index in [0.717, 1.165) is 3.57 Å². The molecular weight excluding hydrogens is 594 g/mol. The molecule has 2 aromatic rings. The molecule has 8 nitrogen and oxygen atoms in total. The summed E-state index contributed by atoms with van der Waals surface area (Å²) in [7, 11) is 0. The number of carbonyl (C=O) groups is 2. The third-order valence-corrected chi connectivity index (χ3v) is 6.89. The van der Waals surface area contributed by atoms with E-state index in [9.17, 15) is 19.1 Å². The third kappa shape index (κ3) is 8.22. The summed E-state index contributed by atoms with van der Waals surface area (Å²) in [6, 6.07) is 12.6. The zero-order valence-electron chi connectivity index (χ0n) is 20.6. The molecule has 0 aromatic heterocycles. The van der Waals surface area contributed by atoms with Crippen LogP contribution >= 0.6 is 22.6 Å². The van der Waals surface area contributed by atoms with Gasteiger partial charge in [-0.05, 0) is 71.8 Å². The second kappa shape index (κ2) is 14.4. The summed E-state index contributed by atoms with van der Waals surface area (Å²) in [6.07, 6.45) is -0.0824. The first-order valence-corrected chi connectivity index (χ1v) is 13.2. The summed E-state index contributed by atoms with van der Waals surface area (Å²) < 4.78 is 26.0. The topological polar surface area (TPSA) is 108 Å². The molecule has 37 heavy (non-hydrogen) atoms. The van der Waals surface area contributed by atoms with Crippen LogP contribution in [0.5, 0.6) is 5.75 Å². The molecule has 1 aliphatic carbocycles. The molecule has 0 radical (unpaired) electrons. The monoisotopic (exact) mass is 626 g/mol. The molecule has 0 saturated carbocycles. The maximum Gasteiger partial charge on any atom is 0.248 e. The van der Waals surface area contributed by atoms with Crippen molar-refractivity contribution in [2.24, 2.45) is 0 Å². The quantitative estimate of drug-likeness (QED) is 0.313. The molecule has 0 aliphatic heterocycles. The van der Waals surface area contributed by atoms with E-state index in [-0.39, 0.29) is 44.4 Å². The molecule has 1 aliphatic rings. The number of aliphatic hydroxyl groups excluding tert-OH is 2. The van der Waals surface area contributed by atoms with Crippen LogP contribution in [0.3, 0.4) is 0 Å². The van der Waals surface area contributed by atoms with E-state index in [0.29, 0.717) is 29.9 Å². The molecule has 0 spiro atoms. The standard InChI is InChI=1S/C27H32FIN2O6/c1-2-36-17-25(33)31(12-10-18-6-5-7-20(28)14-18)22-15-19(27(35)30-11-13-32)16-24(26(22)34)37-23-9-4-3-8-21(23)29/h3-9,14,16,22,24,26,32,34H,2,10-13,15,17H2,1H3,(H,30,35). The predicted octanol–water partition coefficient (Wildman–Crippen LogP) is 2.45. The first-order valence-electron chi connectivity index (χ1n) is 12.1. The van der Waals surface area contributed by atoms with Gasteiger partial charge in [-0.3, -0.25) is 9.59 Å². The molecule has 3 atom stereocenters. The van der Waals surface area contributed by atoms with Gasteiger partial charge in [0.15, 0.2) is 0 Å². The maximum absolute atomic E-state index is 13.7. The van der Waals surface area contributed by atoms with Crippen LogP contribution in [0.25, 0.3) is 0 Å². The molecule has 3 N–H and O–H groups in total. The van der Waals surface area contributed by atoms with E-state index >= 15 is 0 Å². The summed E-state index contributed by atoms with van der Waals surface area (Å²) in [4.78, 5) is 27.6. The fourth-order valence-electron chi connectivity index (χ4n) is 4.16. The van der Waals surface area contributed by atoms with Crippen LogP contribution in [-0.4, -0.2) is 78.1 Å². The Balaban J connectivity index is 1.92. The first-order chi connectivity index (χ1) is 17.8. The van der Waals surface area contributed by atoms with Crippen molar-refractivity contribution in [2.75, 3.05) is 32.9 Å². The molecule has 0 heterocycles. The van der Waals surface area contributed by atoms with Gasteiger partial charge in [0.2, 0.25) is 11.8 Å². The molecule has 2 amide bonds. The highest BCUT2D eigenvalue weighted by atomic mass is 127. The average molecular weight is 626 g/mol. The lowest BCUT2D eigenvalue weighted by Crippen LogP contribution is -2.56. The molecule has 0 fully saturated rings. The third-order valence-electron chi connectivity index (χ3n) is 5.99. The highest BCUT2D eigenvalue weighted by Crippen LogP contribution is 2.30. The second-order valence-corrected chi connectivity index (χ2v) is 9.71. The zero-order chi connectivity index (χ0) is 26.8. The van der Waals surface area contributed by atoms with Crippen molar-refractivity contribution in [3.63, 3.8) is 0 Å². The van der Waals surface area contributed by atoms with Crippen molar-refractivity contribution in [1.29, 1.82) is 0 Å². The maximum atomic E-state index is 13.7. The number of benzene rings is 2. The van der Waals surface area contributed by atoms with E-state index in [1.165, 1.54) is 17.0 Å². The number of halogens is 2. The van der Waals surface area contributed by atoms with Gasteiger partial charge in [-0.25, -0.2) is 4.39 Å². The minimum atomic E-state index is -1.15. The van der Waals surface area contributed by atoms with Crippen LogP contribution in [0.4, 0.5) is 4.39 Å². The van der Waals surface area contributed by atoms with Crippen LogP contribution in [0.15, 0.2) is 60.2 Å².